The molecule has 3 saturated heterocycles. The monoisotopic (exact) mass is 390 g/mol. The third kappa shape index (κ3) is 4.53. The summed E-state index contributed by atoms with van der Waals surface area (Å²) in [5, 5.41) is 3.61. The Morgan fingerprint density at radius 1 is 1.14 bits per heavy atom. The first-order valence-corrected chi connectivity index (χ1v) is 10.7. The third-order valence-corrected chi connectivity index (χ3v) is 6.11. The number of furan rings is 1. The fourth-order valence-electron chi connectivity index (χ4n) is 4.60. The van der Waals surface area contributed by atoms with E-state index in [0.29, 0.717) is 0 Å². The molecule has 0 spiro atoms. The van der Waals surface area contributed by atoms with Gasteiger partial charge in [-0.2, -0.15) is 0 Å². The molecule has 156 valence electrons. The van der Waals surface area contributed by atoms with Gasteiger partial charge < -0.3 is 24.1 Å². The van der Waals surface area contributed by atoms with E-state index < -0.39 is 0 Å². The zero-order chi connectivity index (χ0) is 19.3. The lowest BCUT2D eigenvalue weighted by molar-refractivity contribution is -0.0817. The van der Waals surface area contributed by atoms with Gasteiger partial charge in [0.1, 0.15) is 17.6 Å². The van der Waals surface area contributed by atoms with Gasteiger partial charge in [-0.05, 0) is 57.8 Å². The number of likely N-dealkylation sites (tertiary alicyclic amines) is 1. The number of nitrogens with zero attached hydrogens (tertiary/aromatic N) is 3. The Bertz CT molecular complexity index is 650. The molecule has 7 nitrogen and oxygen atoms in total. The number of morpholine rings is 1. The van der Waals surface area contributed by atoms with Crippen molar-refractivity contribution in [2.75, 3.05) is 53.0 Å². The Balaban J connectivity index is 1.39. The molecular formula is C21H34N4O3. The van der Waals surface area contributed by atoms with E-state index in [1.165, 1.54) is 12.8 Å². The molecule has 4 heterocycles. The molecule has 0 aromatic carbocycles. The van der Waals surface area contributed by atoms with Crippen molar-refractivity contribution in [3.05, 3.63) is 23.7 Å². The Kier molecular flexibility index (Phi) is 6.54. The van der Waals surface area contributed by atoms with E-state index in [9.17, 15) is 0 Å². The van der Waals surface area contributed by atoms with Gasteiger partial charge in [-0.1, -0.05) is 0 Å². The van der Waals surface area contributed by atoms with Crippen LogP contribution in [0.4, 0.5) is 0 Å². The summed E-state index contributed by atoms with van der Waals surface area (Å²) >= 11 is 0. The van der Waals surface area contributed by atoms with Crippen LogP contribution in [0, 0.1) is 6.92 Å². The molecule has 3 aliphatic heterocycles. The second-order valence-corrected chi connectivity index (χ2v) is 8.04. The van der Waals surface area contributed by atoms with Gasteiger partial charge in [0.2, 0.25) is 0 Å². The molecule has 1 N–H and O–H groups in total. The summed E-state index contributed by atoms with van der Waals surface area (Å²) in [4.78, 5) is 9.39. The SMILES string of the molecule is CN=C(NCC(c1ccc(C)o1)N1CCCC1)N1CCOC(C2CCCO2)C1. The molecule has 1 aromatic heterocycles. The van der Waals surface area contributed by atoms with Crippen LogP contribution >= 0.6 is 0 Å². The molecule has 3 aliphatic rings. The summed E-state index contributed by atoms with van der Waals surface area (Å²) < 4.78 is 17.8. The zero-order valence-electron chi connectivity index (χ0n) is 17.2. The summed E-state index contributed by atoms with van der Waals surface area (Å²) in [5.41, 5.74) is 0. The van der Waals surface area contributed by atoms with Gasteiger partial charge in [0, 0.05) is 33.3 Å². The van der Waals surface area contributed by atoms with Gasteiger partial charge in [-0.15, -0.1) is 0 Å². The average molecular weight is 391 g/mol. The van der Waals surface area contributed by atoms with Crippen molar-refractivity contribution in [3.63, 3.8) is 0 Å². The van der Waals surface area contributed by atoms with E-state index in [1.807, 2.05) is 14.0 Å². The molecule has 0 amide bonds. The third-order valence-electron chi connectivity index (χ3n) is 6.11. The molecule has 3 fully saturated rings. The number of rotatable bonds is 5. The lowest BCUT2D eigenvalue weighted by atomic mass is 10.1. The second-order valence-electron chi connectivity index (χ2n) is 8.04. The molecule has 28 heavy (non-hydrogen) atoms. The van der Waals surface area contributed by atoms with Crippen LogP contribution < -0.4 is 5.32 Å². The van der Waals surface area contributed by atoms with Crippen molar-refractivity contribution in [1.29, 1.82) is 0 Å². The topological polar surface area (TPSA) is 62.5 Å². The van der Waals surface area contributed by atoms with Crippen molar-refractivity contribution < 1.29 is 13.9 Å². The van der Waals surface area contributed by atoms with Gasteiger partial charge in [0.25, 0.3) is 0 Å². The first-order valence-electron chi connectivity index (χ1n) is 10.7. The van der Waals surface area contributed by atoms with Gasteiger partial charge >= 0.3 is 0 Å². The lowest BCUT2D eigenvalue weighted by Gasteiger charge is -2.37. The Hall–Kier alpha value is -1.57. The first-order chi connectivity index (χ1) is 13.7. The van der Waals surface area contributed by atoms with E-state index >= 15 is 0 Å². The maximum atomic E-state index is 5.99. The molecule has 4 rings (SSSR count). The van der Waals surface area contributed by atoms with Crippen LogP contribution in [-0.4, -0.2) is 81.0 Å². The van der Waals surface area contributed by atoms with E-state index in [-0.39, 0.29) is 18.2 Å². The highest BCUT2D eigenvalue weighted by atomic mass is 16.5. The summed E-state index contributed by atoms with van der Waals surface area (Å²) in [5.74, 6) is 2.96. The van der Waals surface area contributed by atoms with Crippen molar-refractivity contribution in [2.45, 2.75) is 50.9 Å². The lowest BCUT2D eigenvalue weighted by Crippen LogP contribution is -2.54. The second kappa shape index (κ2) is 9.29. The van der Waals surface area contributed by atoms with Gasteiger partial charge in [-0.3, -0.25) is 9.89 Å². The fraction of sp³-hybridized carbons (Fsp3) is 0.762. The van der Waals surface area contributed by atoms with Crippen molar-refractivity contribution >= 4 is 5.96 Å². The quantitative estimate of drug-likeness (QED) is 0.614. The maximum Gasteiger partial charge on any atom is 0.193 e. The number of ether oxygens (including phenoxy) is 2. The molecule has 7 heteroatoms. The Morgan fingerprint density at radius 2 is 1.96 bits per heavy atom. The molecule has 0 saturated carbocycles. The highest BCUT2D eigenvalue weighted by molar-refractivity contribution is 5.80. The van der Waals surface area contributed by atoms with E-state index in [2.05, 4.69) is 32.2 Å². The standard InChI is InChI=1S/C21H34N4O3/c1-16-7-8-18(28-16)17(24-9-3-4-10-24)14-23-21(22-2)25-11-13-27-20(15-25)19-6-5-12-26-19/h7-8,17,19-20H,3-6,9-15H2,1-2H3,(H,22,23). The summed E-state index contributed by atoms with van der Waals surface area (Å²) in [6.45, 7) is 8.33. The largest absolute Gasteiger partial charge is 0.465 e. The highest BCUT2D eigenvalue weighted by Gasteiger charge is 2.33. The average Bonchev–Trinajstić information content (AvgIpc) is 3.48. The minimum Gasteiger partial charge on any atom is -0.465 e. The summed E-state index contributed by atoms with van der Waals surface area (Å²) in [7, 11) is 1.86. The van der Waals surface area contributed by atoms with Crippen LogP contribution in [0.1, 0.15) is 43.2 Å². The molecule has 1 aromatic rings. The van der Waals surface area contributed by atoms with Crippen molar-refractivity contribution in [1.82, 2.24) is 15.1 Å². The van der Waals surface area contributed by atoms with Gasteiger partial charge in [-0.25, -0.2) is 0 Å². The smallest absolute Gasteiger partial charge is 0.193 e. The van der Waals surface area contributed by atoms with Crippen LogP contribution in [0.3, 0.4) is 0 Å². The van der Waals surface area contributed by atoms with E-state index in [0.717, 1.165) is 76.3 Å². The molecule has 3 atom stereocenters. The highest BCUT2D eigenvalue weighted by Crippen LogP contribution is 2.26. The van der Waals surface area contributed by atoms with Crippen LogP contribution in [0.2, 0.25) is 0 Å². The number of hydrogen-bond acceptors (Lipinski definition) is 5. The first kappa shape index (κ1) is 19.7. The predicted octanol–water partition coefficient (Wildman–Crippen LogP) is 2.18. The zero-order valence-corrected chi connectivity index (χ0v) is 17.2. The number of hydrogen-bond donors (Lipinski definition) is 1. The van der Waals surface area contributed by atoms with Crippen LogP contribution in [-0.2, 0) is 9.47 Å². The van der Waals surface area contributed by atoms with Crippen LogP contribution in [0.25, 0.3) is 0 Å². The molecular weight excluding hydrogens is 356 g/mol. The van der Waals surface area contributed by atoms with Gasteiger partial charge in [0.15, 0.2) is 5.96 Å². The Morgan fingerprint density at radius 3 is 2.64 bits per heavy atom. The fourth-order valence-corrected chi connectivity index (χ4v) is 4.60. The predicted molar refractivity (Wildman–Crippen MR) is 109 cm³/mol. The Labute approximate surface area is 168 Å². The normalized spacial score (nSPS) is 28.1. The molecule has 3 unspecified atom stereocenters. The number of guanidine groups is 1. The van der Waals surface area contributed by atoms with Crippen molar-refractivity contribution in [2.24, 2.45) is 4.99 Å². The maximum absolute atomic E-state index is 5.99. The van der Waals surface area contributed by atoms with Crippen LogP contribution in [0.5, 0.6) is 0 Å². The molecule has 0 radical (unpaired) electrons. The number of nitrogens with one attached hydrogen (secondary N) is 1. The minimum atomic E-state index is 0.136. The minimum absolute atomic E-state index is 0.136. The van der Waals surface area contributed by atoms with E-state index in [4.69, 9.17) is 13.9 Å². The summed E-state index contributed by atoms with van der Waals surface area (Å²) in [6, 6.07) is 4.41. The number of aryl methyl sites for hydroxylation is 1. The molecule has 0 aliphatic carbocycles. The molecule has 0 bridgehead atoms. The van der Waals surface area contributed by atoms with E-state index in [1.54, 1.807) is 0 Å². The van der Waals surface area contributed by atoms with Gasteiger partial charge in [0.05, 0.1) is 18.8 Å². The van der Waals surface area contributed by atoms with Crippen molar-refractivity contribution in [3.8, 4) is 0 Å². The number of aliphatic imine (C=N–C) groups is 1. The summed E-state index contributed by atoms with van der Waals surface area (Å²) in [6.07, 6.45) is 5.12. The van der Waals surface area contributed by atoms with Crippen LogP contribution in [0.15, 0.2) is 21.5 Å².